The van der Waals surface area contributed by atoms with Crippen LogP contribution >= 0.6 is 0 Å². The van der Waals surface area contributed by atoms with Gasteiger partial charge in [-0.15, -0.1) is 0 Å². The Morgan fingerprint density at radius 1 is 1.18 bits per heavy atom. The number of rotatable bonds is 1. The van der Waals surface area contributed by atoms with Crippen LogP contribution in [0.25, 0.3) is 0 Å². The average Bonchev–Trinajstić information content (AvgIpc) is 2.83. The van der Waals surface area contributed by atoms with E-state index in [0.29, 0.717) is 30.3 Å². The molecule has 7 atom stereocenters. The third kappa shape index (κ3) is 1.80. The van der Waals surface area contributed by atoms with E-state index in [1.165, 1.54) is 38.5 Å². The molecule has 0 radical (unpaired) electrons. The molecule has 4 aliphatic rings. The highest BCUT2D eigenvalue weighted by atomic mass is 16.3. The molecular formula is C20H32O2. The molecule has 0 aromatic carbocycles. The van der Waals surface area contributed by atoms with Gasteiger partial charge in [-0.3, -0.25) is 0 Å². The third-order valence-electron chi connectivity index (χ3n) is 8.33. The number of aliphatic hydroxyl groups excluding tert-OH is 2. The molecule has 0 amide bonds. The number of fused-ring (bicyclic) bond motifs is 5. The predicted octanol–water partition coefficient (Wildman–Crippen LogP) is 3.92. The Hall–Kier alpha value is -0.340. The van der Waals surface area contributed by atoms with E-state index < -0.39 is 0 Å². The van der Waals surface area contributed by atoms with Gasteiger partial charge < -0.3 is 10.2 Å². The maximum absolute atomic E-state index is 10.6. The first-order chi connectivity index (χ1) is 10.5. The van der Waals surface area contributed by atoms with Crippen LogP contribution < -0.4 is 0 Å². The molecule has 2 unspecified atom stereocenters. The van der Waals surface area contributed by atoms with E-state index in [0.717, 1.165) is 12.8 Å². The monoisotopic (exact) mass is 304 g/mol. The Labute approximate surface area is 135 Å². The molecule has 2 nitrogen and oxygen atoms in total. The van der Waals surface area contributed by atoms with Crippen LogP contribution in [0.2, 0.25) is 0 Å². The lowest BCUT2D eigenvalue weighted by Gasteiger charge is -2.60. The summed E-state index contributed by atoms with van der Waals surface area (Å²) in [5.41, 5.74) is 1.81. The molecule has 3 fully saturated rings. The van der Waals surface area contributed by atoms with Gasteiger partial charge in [-0.1, -0.05) is 25.5 Å². The Morgan fingerprint density at radius 2 is 2.00 bits per heavy atom. The largest absolute Gasteiger partial charge is 0.395 e. The summed E-state index contributed by atoms with van der Waals surface area (Å²) in [7, 11) is 0. The first-order valence-electron chi connectivity index (χ1n) is 9.51. The van der Waals surface area contributed by atoms with Crippen LogP contribution in [0, 0.1) is 34.5 Å². The summed E-state index contributed by atoms with van der Waals surface area (Å²) in [6, 6.07) is 0. The summed E-state index contributed by atoms with van der Waals surface area (Å²) in [4.78, 5) is 0. The first kappa shape index (κ1) is 15.2. The molecule has 0 bridgehead atoms. The minimum Gasteiger partial charge on any atom is -0.395 e. The molecule has 0 saturated heterocycles. The van der Waals surface area contributed by atoms with Gasteiger partial charge in [-0.25, -0.2) is 0 Å². The zero-order valence-corrected chi connectivity index (χ0v) is 14.2. The van der Waals surface area contributed by atoms with Crippen LogP contribution in [0.1, 0.15) is 65.2 Å². The van der Waals surface area contributed by atoms with E-state index in [2.05, 4.69) is 19.9 Å². The zero-order valence-electron chi connectivity index (χ0n) is 14.2. The van der Waals surface area contributed by atoms with E-state index >= 15 is 0 Å². The average molecular weight is 304 g/mol. The minimum atomic E-state index is -0.0981. The van der Waals surface area contributed by atoms with Crippen molar-refractivity contribution in [1.82, 2.24) is 0 Å². The van der Waals surface area contributed by atoms with Gasteiger partial charge in [-0.05, 0) is 80.5 Å². The summed E-state index contributed by atoms with van der Waals surface area (Å²) in [5.74, 6) is 2.74. The number of hydrogen-bond acceptors (Lipinski definition) is 2. The maximum atomic E-state index is 10.6. The van der Waals surface area contributed by atoms with Crippen molar-refractivity contribution in [3.63, 3.8) is 0 Å². The Kier molecular flexibility index (Phi) is 3.51. The van der Waals surface area contributed by atoms with Gasteiger partial charge >= 0.3 is 0 Å². The van der Waals surface area contributed by atoms with Crippen LogP contribution in [-0.2, 0) is 0 Å². The van der Waals surface area contributed by atoms with Crippen molar-refractivity contribution in [3.8, 4) is 0 Å². The predicted molar refractivity (Wildman–Crippen MR) is 88.3 cm³/mol. The minimum absolute atomic E-state index is 0.0876. The molecule has 0 heterocycles. The molecule has 124 valence electrons. The fourth-order valence-electron chi connectivity index (χ4n) is 7.15. The molecule has 0 spiro atoms. The van der Waals surface area contributed by atoms with Crippen LogP contribution in [-0.4, -0.2) is 22.9 Å². The Bertz CT molecular complexity index is 484. The lowest BCUT2D eigenvalue weighted by molar-refractivity contribution is -0.108. The molecular weight excluding hydrogens is 272 g/mol. The standard InChI is InChI=1S/C20H32O2/c1-13-11-14-5-3-4-9-20(14,12-21)16-8-10-19(2)15(18(13)16)6-7-17(19)22/h5,13,15-18,21-22H,3-4,6-12H2,1-2H3/t13?,15-,16+,17?,18-,19-,20+/m0/s1. The second-order valence-electron chi connectivity index (χ2n) is 9.05. The molecule has 4 rings (SSSR count). The number of hydrogen-bond donors (Lipinski definition) is 2. The first-order valence-corrected chi connectivity index (χ1v) is 9.51. The normalized spacial score (nSPS) is 54.2. The van der Waals surface area contributed by atoms with E-state index in [1.54, 1.807) is 5.57 Å². The van der Waals surface area contributed by atoms with Crippen molar-refractivity contribution < 1.29 is 10.2 Å². The van der Waals surface area contributed by atoms with Crippen LogP contribution in [0.3, 0.4) is 0 Å². The van der Waals surface area contributed by atoms with Gasteiger partial charge in [-0.2, -0.15) is 0 Å². The van der Waals surface area contributed by atoms with Crippen LogP contribution in [0.4, 0.5) is 0 Å². The van der Waals surface area contributed by atoms with Gasteiger partial charge in [0.15, 0.2) is 0 Å². The lowest BCUT2D eigenvalue weighted by Crippen LogP contribution is -2.55. The van der Waals surface area contributed by atoms with Gasteiger partial charge in [0.1, 0.15) is 0 Å². The molecule has 2 N–H and O–H groups in total. The van der Waals surface area contributed by atoms with Crippen molar-refractivity contribution in [2.75, 3.05) is 6.61 Å². The molecule has 0 aromatic heterocycles. The summed E-state index contributed by atoms with van der Waals surface area (Å²) >= 11 is 0. The van der Waals surface area contributed by atoms with Crippen molar-refractivity contribution in [2.45, 2.75) is 71.3 Å². The highest BCUT2D eigenvalue weighted by Crippen LogP contribution is 2.66. The topological polar surface area (TPSA) is 40.5 Å². The van der Waals surface area contributed by atoms with Crippen molar-refractivity contribution >= 4 is 0 Å². The maximum Gasteiger partial charge on any atom is 0.0596 e. The molecule has 22 heavy (non-hydrogen) atoms. The number of allylic oxidation sites excluding steroid dienone is 1. The van der Waals surface area contributed by atoms with Crippen molar-refractivity contribution in [2.24, 2.45) is 34.5 Å². The molecule has 4 aliphatic carbocycles. The quantitative estimate of drug-likeness (QED) is 0.721. The second-order valence-corrected chi connectivity index (χ2v) is 9.05. The third-order valence-corrected chi connectivity index (χ3v) is 8.33. The highest BCUT2D eigenvalue weighted by molar-refractivity contribution is 5.26. The van der Waals surface area contributed by atoms with Gasteiger partial charge in [0.25, 0.3) is 0 Å². The molecule has 3 saturated carbocycles. The van der Waals surface area contributed by atoms with Gasteiger partial charge in [0.05, 0.1) is 12.7 Å². The fraction of sp³-hybridized carbons (Fsp3) is 0.900. The van der Waals surface area contributed by atoms with Gasteiger partial charge in [0, 0.05) is 5.41 Å². The van der Waals surface area contributed by atoms with E-state index in [-0.39, 0.29) is 16.9 Å². The Balaban J connectivity index is 1.75. The fourth-order valence-corrected chi connectivity index (χ4v) is 7.15. The molecule has 0 aliphatic heterocycles. The summed E-state index contributed by atoms with van der Waals surface area (Å²) in [6.45, 7) is 5.12. The molecule has 2 heteroatoms. The summed E-state index contributed by atoms with van der Waals surface area (Å²) < 4.78 is 0. The van der Waals surface area contributed by atoms with Crippen LogP contribution in [0.5, 0.6) is 0 Å². The smallest absolute Gasteiger partial charge is 0.0596 e. The van der Waals surface area contributed by atoms with Gasteiger partial charge in [0.2, 0.25) is 0 Å². The number of aliphatic hydroxyl groups is 2. The van der Waals surface area contributed by atoms with Crippen molar-refractivity contribution in [3.05, 3.63) is 11.6 Å². The summed E-state index contributed by atoms with van der Waals surface area (Å²) in [5, 5.41) is 20.9. The lowest BCUT2D eigenvalue weighted by atomic mass is 9.45. The Morgan fingerprint density at radius 3 is 2.77 bits per heavy atom. The van der Waals surface area contributed by atoms with Crippen molar-refractivity contribution in [1.29, 1.82) is 0 Å². The van der Waals surface area contributed by atoms with E-state index in [4.69, 9.17) is 0 Å². The zero-order chi connectivity index (χ0) is 15.5. The highest BCUT2D eigenvalue weighted by Gasteiger charge is 2.61. The summed E-state index contributed by atoms with van der Waals surface area (Å²) in [6.07, 6.45) is 11.7. The molecule has 0 aromatic rings. The van der Waals surface area contributed by atoms with E-state index in [9.17, 15) is 10.2 Å². The van der Waals surface area contributed by atoms with E-state index in [1.807, 2.05) is 0 Å². The second kappa shape index (κ2) is 5.08. The van der Waals surface area contributed by atoms with Crippen LogP contribution in [0.15, 0.2) is 11.6 Å². The SMILES string of the molecule is CC1CC2=CCCC[C@]2(CO)[C@@H]2CC[C@]3(C)C(O)CC[C@H]3[C@H]12.